The molecule has 80 valence electrons. The van der Waals surface area contributed by atoms with Crippen LogP contribution in [0.3, 0.4) is 0 Å². The second kappa shape index (κ2) is 6.02. The van der Waals surface area contributed by atoms with Crippen LogP contribution in [0.1, 0.15) is 25.8 Å². The first-order valence-corrected chi connectivity index (χ1v) is 5.21. The standard InChI is InChI=1S/C13H17NO/c1-3-13(15)14-10-11(2)9-12-7-5-4-6-8-12/h4-9H,3,10H2,1-2H3,(H,14,15)/b11-9+. The number of hydrogen-bond acceptors (Lipinski definition) is 1. The van der Waals surface area contributed by atoms with Crippen LogP contribution in [-0.2, 0) is 4.79 Å². The Morgan fingerprint density at radius 3 is 2.60 bits per heavy atom. The fourth-order valence-corrected chi connectivity index (χ4v) is 1.25. The summed E-state index contributed by atoms with van der Waals surface area (Å²) >= 11 is 0. The minimum Gasteiger partial charge on any atom is -0.352 e. The Bertz CT molecular complexity index is 341. The fourth-order valence-electron chi connectivity index (χ4n) is 1.25. The van der Waals surface area contributed by atoms with Gasteiger partial charge in [0.15, 0.2) is 0 Å². The highest BCUT2D eigenvalue weighted by atomic mass is 16.1. The zero-order valence-electron chi connectivity index (χ0n) is 9.29. The summed E-state index contributed by atoms with van der Waals surface area (Å²) in [6.45, 7) is 4.50. The molecule has 2 nitrogen and oxygen atoms in total. The predicted octanol–water partition coefficient (Wildman–Crippen LogP) is 2.62. The molecule has 1 rings (SSSR count). The van der Waals surface area contributed by atoms with E-state index in [9.17, 15) is 4.79 Å². The second-order valence-corrected chi connectivity index (χ2v) is 3.53. The molecule has 0 aliphatic heterocycles. The van der Waals surface area contributed by atoms with Crippen molar-refractivity contribution in [3.05, 3.63) is 41.5 Å². The molecule has 0 radical (unpaired) electrons. The van der Waals surface area contributed by atoms with Gasteiger partial charge in [0.05, 0.1) is 0 Å². The number of carbonyl (C=O) groups excluding carboxylic acids is 1. The maximum atomic E-state index is 11.0. The van der Waals surface area contributed by atoms with E-state index < -0.39 is 0 Å². The third-order valence-corrected chi connectivity index (χ3v) is 2.10. The van der Waals surface area contributed by atoms with Gasteiger partial charge in [0.25, 0.3) is 0 Å². The Morgan fingerprint density at radius 1 is 1.33 bits per heavy atom. The molecule has 1 N–H and O–H groups in total. The van der Waals surface area contributed by atoms with Gasteiger partial charge in [-0.05, 0) is 12.5 Å². The van der Waals surface area contributed by atoms with E-state index in [0.29, 0.717) is 13.0 Å². The maximum absolute atomic E-state index is 11.0. The molecule has 0 heterocycles. The number of amides is 1. The van der Waals surface area contributed by atoms with Crippen molar-refractivity contribution in [2.24, 2.45) is 0 Å². The van der Waals surface area contributed by atoms with Crippen LogP contribution < -0.4 is 5.32 Å². The average Bonchev–Trinajstić information content (AvgIpc) is 2.27. The molecular formula is C13H17NO. The van der Waals surface area contributed by atoms with Gasteiger partial charge in [0, 0.05) is 13.0 Å². The van der Waals surface area contributed by atoms with Gasteiger partial charge in [-0.15, -0.1) is 0 Å². The Labute approximate surface area is 91.0 Å². The van der Waals surface area contributed by atoms with E-state index in [1.165, 1.54) is 5.56 Å². The van der Waals surface area contributed by atoms with Crippen LogP contribution in [0, 0.1) is 0 Å². The fraction of sp³-hybridized carbons (Fsp3) is 0.308. The van der Waals surface area contributed by atoms with Gasteiger partial charge in [0.1, 0.15) is 0 Å². The van der Waals surface area contributed by atoms with Crippen molar-refractivity contribution in [3.8, 4) is 0 Å². The first-order chi connectivity index (χ1) is 7.22. The van der Waals surface area contributed by atoms with Crippen molar-refractivity contribution in [1.82, 2.24) is 5.32 Å². The molecule has 0 unspecified atom stereocenters. The zero-order chi connectivity index (χ0) is 11.1. The highest BCUT2D eigenvalue weighted by molar-refractivity contribution is 5.76. The first-order valence-electron chi connectivity index (χ1n) is 5.21. The van der Waals surface area contributed by atoms with Gasteiger partial charge >= 0.3 is 0 Å². The van der Waals surface area contributed by atoms with E-state index in [2.05, 4.69) is 11.4 Å². The zero-order valence-corrected chi connectivity index (χ0v) is 9.29. The topological polar surface area (TPSA) is 29.1 Å². The number of rotatable bonds is 4. The number of carbonyl (C=O) groups is 1. The summed E-state index contributed by atoms with van der Waals surface area (Å²) in [5, 5.41) is 2.85. The lowest BCUT2D eigenvalue weighted by Crippen LogP contribution is -2.23. The normalized spacial score (nSPS) is 11.2. The molecule has 2 heteroatoms. The third kappa shape index (κ3) is 4.45. The highest BCUT2D eigenvalue weighted by Gasteiger charge is 1.96. The molecule has 1 aromatic carbocycles. The summed E-state index contributed by atoms with van der Waals surface area (Å²) < 4.78 is 0. The van der Waals surface area contributed by atoms with Crippen LogP contribution in [0.4, 0.5) is 0 Å². The quantitative estimate of drug-likeness (QED) is 0.800. The van der Waals surface area contributed by atoms with Crippen molar-refractivity contribution in [3.63, 3.8) is 0 Å². The Morgan fingerprint density at radius 2 is 2.00 bits per heavy atom. The first kappa shape index (κ1) is 11.5. The largest absolute Gasteiger partial charge is 0.352 e. The van der Waals surface area contributed by atoms with Gasteiger partial charge in [-0.3, -0.25) is 4.79 Å². The van der Waals surface area contributed by atoms with E-state index in [1.807, 2.05) is 44.2 Å². The molecule has 0 fully saturated rings. The molecule has 15 heavy (non-hydrogen) atoms. The summed E-state index contributed by atoms with van der Waals surface area (Å²) in [5.41, 5.74) is 2.32. The van der Waals surface area contributed by atoms with Crippen LogP contribution in [0.2, 0.25) is 0 Å². The second-order valence-electron chi connectivity index (χ2n) is 3.53. The molecule has 0 spiro atoms. The molecule has 1 aromatic rings. The summed E-state index contributed by atoms with van der Waals surface area (Å²) in [5.74, 6) is 0.0933. The van der Waals surface area contributed by atoms with E-state index in [4.69, 9.17) is 0 Å². The Kier molecular flexibility index (Phi) is 4.61. The lowest BCUT2D eigenvalue weighted by molar-refractivity contribution is -0.120. The number of benzene rings is 1. The minimum atomic E-state index is 0.0933. The summed E-state index contributed by atoms with van der Waals surface area (Å²) in [6.07, 6.45) is 2.62. The summed E-state index contributed by atoms with van der Waals surface area (Å²) in [4.78, 5) is 11.0. The van der Waals surface area contributed by atoms with Crippen LogP contribution in [0.15, 0.2) is 35.9 Å². The van der Waals surface area contributed by atoms with Crippen molar-refractivity contribution in [2.45, 2.75) is 20.3 Å². The van der Waals surface area contributed by atoms with E-state index in [-0.39, 0.29) is 5.91 Å². The van der Waals surface area contributed by atoms with Gasteiger partial charge in [-0.1, -0.05) is 48.9 Å². The van der Waals surface area contributed by atoms with Crippen molar-refractivity contribution in [1.29, 1.82) is 0 Å². The lowest BCUT2D eigenvalue weighted by Gasteiger charge is -2.03. The van der Waals surface area contributed by atoms with Crippen molar-refractivity contribution < 1.29 is 4.79 Å². The SMILES string of the molecule is CCC(=O)NC/C(C)=C/c1ccccc1. The Hall–Kier alpha value is -1.57. The average molecular weight is 203 g/mol. The summed E-state index contributed by atoms with van der Waals surface area (Å²) in [6, 6.07) is 10.1. The number of nitrogens with one attached hydrogen (secondary N) is 1. The third-order valence-electron chi connectivity index (χ3n) is 2.10. The van der Waals surface area contributed by atoms with Gasteiger partial charge < -0.3 is 5.32 Å². The van der Waals surface area contributed by atoms with Gasteiger partial charge in [0.2, 0.25) is 5.91 Å². The number of hydrogen-bond donors (Lipinski definition) is 1. The molecule has 0 aromatic heterocycles. The highest BCUT2D eigenvalue weighted by Crippen LogP contribution is 2.04. The van der Waals surface area contributed by atoms with E-state index >= 15 is 0 Å². The molecular weight excluding hydrogens is 186 g/mol. The van der Waals surface area contributed by atoms with Crippen LogP contribution >= 0.6 is 0 Å². The van der Waals surface area contributed by atoms with Crippen molar-refractivity contribution >= 4 is 12.0 Å². The smallest absolute Gasteiger partial charge is 0.219 e. The maximum Gasteiger partial charge on any atom is 0.219 e. The Balaban J connectivity index is 2.50. The van der Waals surface area contributed by atoms with E-state index in [1.54, 1.807) is 0 Å². The molecule has 0 aliphatic carbocycles. The molecule has 0 atom stereocenters. The van der Waals surface area contributed by atoms with E-state index in [0.717, 1.165) is 5.57 Å². The minimum absolute atomic E-state index is 0.0933. The molecule has 0 saturated heterocycles. The van der Waals surface area contributed by atoms with Gasteiger partial charge in [-0.2, -0.15) is 0 Å². The monoisotopic (exact) mass is 203 g/mol. The van der Waals surface area contributed by atoms with Crippen molar-refractivity contribution in [2.75, 3.05) is 6.54 Å². The van der Waals surface area contributed by atoms with Crippen LogP contribution in [0.5, 0.6) is 0 Å². The summed E-state index contributed by atoms with van der Waals surface area (Å²) in [7, 11) is 0. The van der Waals surface area contributed by atoms with Crippen LogP contribution in [0.25, 0.3) is 6.08 Å². The molecule has 0 saturated carbocycles. The van der Waals surface area contributed by atoms with Gasteiger partial charge in [-0.25, -0.2) is 0 Å². The lowest BCUT2D eigenvalue weighted by atomic mass is 10.1. The van der Waals surface area contributed by atoms with Crippen LogP contribution in [-0.4, -0.2) is 12.5 Å². The molecule has 0 aliphatic rings. The predicted molar refractivity (Wildman–Crippen MR) is 63.4 cm³/mol. The molecule has 1 amide bonds. The molecule has 0 bridgehead atoms.